The van der Waals surface area contributed by atoms with Crippen molar-refractivity contribution in [1.82, 2.24) is 4.90 Å². The Morgan fingerprint density at radius 3 is 2.50 bits per heavy atom. The van der Waals surface area contributed by atoms with E-state index in [0.717, 1.165) is 12.8 Å². The minimum Gasteiger partial charge on any atom is -0.444 e. The molecule has 0 bridgehead atoms. The second-order valence-corrected chi connectivity index (χ2v) is 6.04. The van der Waals surface area contributed by atoms with Gasteiger partial charge in [-0.05, 0) is 47.5 Å². The van der Waals surface area contributed by atoms with Crippen molar-refractivity contribution in [3.63, 3.8) is 0 Å². The quantitative estimate of drug-likeness (QED) is 0.749. The molecule has 4 heteroatoms. The highest BCUT2D eigenvalue weighted by Gasteiger charge is 2.43. The SMILES string of the molecule is CC(C)(C)OC(=O)N1[C@H](CO)CCC1(C)C. The number of hydrogen-bond donors (Lipinski definition) is 1. The van der Waals surface area contributed by atoms with Crippen molar-refractivity contribution in [2.24, 2.45) is 0 Å². The van der Waals surface area contributed by atoms with Crippen molar-refractivity contribution in [3.8, 4) is 0 Å². The third-order valence-electron chi connectivity index (χ3n) is 2.91. The maximum Gasteiger partial charge on any atom is 0.411 e. The lowest BCUT2D eigenvalue weighted by Gasteiger charge is -2.36. The van der Waals surface area contributed by atoms with Crippen LogP contribution >= 0.6 is 0 Å². The van der Waals surface area contributed by atoms with E-state index in [4.69, 9.17) is 4.74 Å². The molecule has 0 aliphatic carbocycles. The lowest BCUT2D eigenvalue weighted by molar-refractivity contribution is -0.00237. The summed E-state index contributed by atoms with van der Waals surface area (Å²) < 4.78 is 5.37. The van der Waals surface area contributed by atoms with Crippen LogP contribution in [0.4, 0.5) is 4.79 Å². The molecule has 1 aliphatic heterocycles. The van der Waals surface area contributed by atoms with Crippen LogP contribution in [-0.4, -0.2) is 39.9 Å². The molecule has 1 N–H and O–H groups in total. The molecule has 0 radical (unpaired) electrons. The maximum absolute atomic E-state index is 12.0. The molecule has 16 heavy (non-hydrogen) atoms. The smallest absolute Gasteiger partial charge is 0.411 e. The Morgan fingerprint density at radius 2 is 2.06 bits per heavy atom. The molecule has 1 amide bonds. The first-order chi connectivity index (χ1) is 7.17. The van der Waals surface area contributed by atoms with Crippen molar-refractivity contribution >= 4 is 6.09 Å². The van der Waals surface area contributed by atoms with Crippen LogP contribution in [0.25, 0.3) is 0 Å². The first-order valence-electron chi connectivity index (χ1n) is 5.80. The van der Waals surface area contributed by atoms with Crippen LogP contribution in [-0.2, 0) is 4.74 Å². The van der Waals surface area contributed by atoms with E-state index in [2.05, 4.69) is 0 Å². The molecule has 0 unspecified atom stereocenters. The van der Waals surface area contributed by atoms with E-state index in [9.17, 15) is 9.90 Å². The van der Waals surface area contributed by atoms with Gasteiger partial charge in [0.1, 0.15) is 5.60 Å². The zero-order valence-corrected chi connectivity index (χ0v) is 10.9. The van der Waals surface area contributed by atoms with Gasteiger partial charge in [0, 0.05) is 5.54 Å². The molecule has 0 aromatic rings. The predicted octanol–water partition coefficient (Wildman–Crippen LogP) is 2.16. The van der Waals surface area contributed by atoms with E-state index in [1.165, 1.54) is 0 Å². The summed E-state index contributed by atoms with van der Waals surface area (Å²) >= 11 is 0. The Hall–Kier alpha value is -0.770. The minimum atomic E-state index is -0.490. The van der Waals surface area contributed by atoms with Gasteiger partial charge in [0.15, 0.2) is 0 Å². The van der Waals surface area contributed by atoms with E-state index >= 15 is 0 Å². The van der Waals surface area contributed by atoms with E-state index in [-0.39, 0.29) is 24.3 Å². The molecule has 1 atom stereocenters. The van der Waals surface area contributed by atoms with Gasteiger partial charge in [-0.1, -0.05) is 0 Å². The second kappa shape index (κ2) is 4.24. The molecule has 94 valence electrons. The van der Waals surface area contributed by atoms with Crippen molar-refractivity contribution in [2.75, 3.05) is 6.61 Å². The van der Waals surface area contributed by atoms with E-state index in [0.29, 0.717) is 0 Å². The fourth-order valence-corrected chi connectivity index (χ4v) is 2.14. The number of aliphatic hydroxyl groups excluding tert-OH is 1. The average Bonchev–Trinajstić information content (AvgIpc) is 2.37. The number of likely N-dealkylation sites (tertiary alicyclic amines) is 1. The zero-order valence-electron chi connectivity index (χ0n) is 10.9. The normalized spacial score (nSPS) is 24.6. The summed E-state index contributed by atoms with van der Waals surface area (Å²) in [5.41, 5.74) is -0.717. The Morgan fingerprint density at radius 1 is 1.50 bits per heavy atom. The van der Waals surface area contributed by atoms with Gasteiger partial charge in [0.05, 0.1) is 12.6 Å². The summed E-state index contributed by atoms with van der Waals surface area (Å²) in [5, 5.41) is 9.27. The molecular weight excluding hydrogens is 206 g/mol. The third kappa shape index (κ3) is 2.88. The molecule has 1 saturated heterocycles. The zero-order chi connectivity index (χ0) is 12.6. The highest BCUT2D eigenvalue weighted by Crippen LogP contribution is 2.34. The molecule has 1 aliphatic rings. The van der Waals surface area contributed by atoms with E-state index < -0.39 is 5.60 Å². The van der Waals surface area contributed by atoms with Gasteiger partial charge >= 0.3 is 6.09 Å². The molecule has 0 saturated carbocycles. The monoisotopic (exact) mass is 229 g/mol. The summed E-state index contributed by atoms with van der Waals surface area (Å²) in [6.45, 7) is 9.56. The van der Waals surface area contributed by atoms with Crippen LogP contribution in [0.1, 0.15) is 47.5 Å². The van der Waals surface area contributed by atoms with Gasteiger partial charge in [0.2, 0.25) is 0 Å². The number of rotatable bonds is 1. The van der Waals surface area contributed by atoms with Crippen molar-refractivity contribution in [3.05, 3.63) is 0 Å². The number of amides is 1. The van der Waals surface area contributed by atoms with E-state index in [1.807, 2.05) is 34.6 Å². The Kier molecular flexibility index (Phi) is 3.53. The first-order valence-corrected chi connectivity index (χ1v) is 5.80. The summed E-state index contributed by atoms with van der Waals surface area (Å²) in [6, 6.07) is -0.107. The molecule has 1 rings (SSSR count). The van der Waals surface area contributed by atoms with Crippen LogP contribution < -0.4 is 0 Å². The van der Waals surface area contributed by atoms with Crippen LogP contribution in [0.2, 0.25) is 0 Å². The fraction of sp³-hybridized carbons (Fsp3) is 0.917. The first kappa shape index (κ1) is 13.3. The van der Waals surface area contributed by atoms with Crippen molar-refractivity contribution in [1.29, 1.82) is 0 Å². The number of carbonyl (C=O) groups excluding carboxylic acids is 1. The summed E-state index contributed by atoms with van der Waals surface area (Å²) in [5.74, 6) is 0. The standard InChI is InChI=1S/C12H23NO3/c1-11(2,3)16-10(15)13-9(8-14)6-7-12(13,4)5/h9,14H,6-8H2,1-5H3/t9-/m0/s1. The molecule has 0 aromatic heterocycles. The van der Waals surface area contributed by atoms with Gasteiger partial charge in [-0.3, -0.25) is 4.90 Å². The van der Waals surface area contributed by atoms with Gasteiger partial charge in [-0.25, -0.2) is 4.79 Å². The fourth-order valence-electron chi connectivity index (χ4n) is 2.14. The molecular formula is C12H23NO3. The predicted molar refractivity (Wildman–Crippen MR) is 62.3 cm³/mol. The molecule has 1 heterocycles. The summed E-state index contributed by atoms with van der Waals surface area (Å²) in [6.07, 6.45) is 1.41. The Bertz CT molecular complexity index is 268. The van der Waals surface area contributed by atoms with Crippen LogP contribution in [0.15, 0.2) is 0 Å². The topological polar surface area (TPSA) is 49.8 Å². The number of hydrogen-bond acceptors (Lipinski definition) is 3. The summed E-state index contributed by atoms with van der Waals surface area (Å²) in [4.78, 5) is 13.7. The van der Waals surface area contributed by atoms with Crippen LogP contribution in [0, 0.1) is 0 Å². The summed E-state index contributed by atoms with van der Waals surface area (Å²) in [7, 11) is 0. The van der Waals surface area contributed by atoms with Gasteiger partial charge in [0.25, 0.3) is 0 Å². The van der Waals surface area contributed by atoms with Gasteiger partial charge < -0.3 is 9.84 Å². The Labute approximate surface area is 97.6 Å². The van der Waals surface area contributed by atoms with Gasteiger partial charge in [-0.15, -0.1) is 0 Å². The molecule has 0 spiro atoms. The number of ether oxygens (including phenoxy) is 1. The lowest BCUT2D eigenvalue weighted by atomic mass is 10.0. The average molecular weight is 229 g/mol. The number of aliphatic hydroxyl groups is 1. The largest absolute Gasteiger partial charge is 0.444 e. The molecule has 4 nitrogen and oxygen atoms in total. The molecule has 1 fully saturated rings. The van der Waals surface area contributed by atoms with Crippen LogP contribution in [0.5, 0.6) is 0 Å². The second-order valence-electron chi connectivity index (χ2n) is 6.04. The van der Waals surface area contributed by atoms with E-state index in [1.54, 1.807) is 4.90 Å². The molecule has 0 aromatic carbocycles. The lowest BCUT2D eigenvalue weighted by Crippen LogP contribution is -2.50. The highest BCUT2D eigenvalue weighted by molar-refractivity contribution is 5.70. The maximum atomic E-state index is 12.0. The number of carbonyl (C=O) groups is 1. The van der Waals surface area contributed by atoms with Crippen LogP contribution in [0.3, 0.4) is 0 Å². The minimum absolute atomic E-state index is 0.00265. The number of nitrogens with zero attached hydrogens (tertiary/aromatic N) is 1. The highest BCUT2D eigenvalue weighted by atomic mass is 16.6. The Balaban J connectivity index is 2.79. The van der Waals surface area contributed by atoms with Crippen molar-refractivity contribution < 1.29 is 14.6 Å². The third-order valence-corrected chi connectivity index (χ3v) is 2.91. The van der Waals surface area contributed by atoms with Crippen molar-refractivity contribution in [2.45, 2.75) is 64.6 Å². The van der Waals surface area contributed by atoms with Gasteiger partial charge in [-0.2, -0.15) is 0 Å².